The average molecular weight is 251 g/mol. The van der Waals surface area contributed by atoms with Crippen LogP contribution in [-0.4, -0.2) is 34.0 Å². The Morgan fingerprint density at radius 2 is 1.89 bits per heavy atom. The van der Waals surface area contributed by atoms with E-state index >= 15 is 0 Å². The molecule has 0 saturated carbocycles. The Balaban J connectivity index is 2.30. The minimum atomic E-state index is -0.538. The minimum Gasteiger partial charge on any atom is -0.449 e. The molecule has 18 heavy (non-hydrogen) atoms. The molecule has 1 heterocycles. The summed E-state index contributed by atoms with van der Waals surface area (Å²) in [6.45, 7) is 5.55. The third kappa shape index (κ3) is 5.38. The standard InChI is InChI=1S/C12H17N3O3/c1-12(2,3)15-11(17)18-8-5-9(16)10-13-6-4-7-14-10/h4,6-7H,5,8H2,1-3H3,(H,15,17). The zero-order valence-corrected chi connectivity index (χ0v) is 10.8. The molecule has 0 fully saturated rings. The number of rotatable bonds is 4. The van der Waals surface area contributed by atoms with E-state index in [9.17, 15) is 9.59 Å². The topological polar surface area (TPSA) is 81.2 Å². The van der Waals surface area contributed by atoms with E-state index < -0.39 is 6.09 Å². The molecule has 0 spiro atoms. The van der Waals surface area contributed by atoms with Crippen LogP contribution in [0, 0.1) is 0 Å². The zero-order valence-electron chi connectivity index (χ0n) is 10.8. The molecule has 0 bridgehead atoms. The third-order valence-corrected chi connectivity index (χ3v) is 1.85. The summed E-state index contributed by atoms with van der Waals surface area (Å²) in [5, 5.41) is 2.63. The van der Waals surface area contributed by atoms with Crippen LogP contribution in [0.2, 0.25) is 0 Å². The van der Waals surface area contributed by atoms with E-state index in [0.29, 0.717) is 0 Å². The SMILES string of the molecule is CC(C)(C)NC(=O)OCCC(=O)c1ncccn1. The second kappa shape index (κ2) is 6.09. The lowest BCUT2D eigenvalue weighted by Crippen LogP contribution is -2.41. The van der Waals surface area contributed by atoms with Crippen molar-refractivity contribution < 1.29 is 14.3 Å². The van der Waals surface area contributed by atoms with Crippen LogP contribution in [-0.2, 0) is 4.74 Å². The Hall–Kier alpha value is -1.98. The molecule has 1 aromatic heterocycles. The molecule has 0 aliphatic carbocycles. The lowest BCUT2D eigenvalue weighted by molar-refractivity contribution is 0.0918. The van der Waals surface area contributed by atoms with Crippen LogP contribution >= 0.6 is 0 Å². The number of carbonyl (C=O) groups is 2. The maximum Gasteiger partial charge on any atom is 0.407 e. The first-order chi connectivity index (χ1) is 8.38. The first-order valence-electron chi connectivity index (χ1n) is 5.63. The molecule has 0 unspecified atom stereocenters. The van der Waals surface area contributed by atoms with Crippen LogP contribution in [0.25, 0.3) is 0 Å². The summed E-state index contributed by atoms with van der Waals surface area (Å²) < 4.78 is 4.88. The second-order valence-corrected chi connectivity index (χ2v) is 4.76. The second-order valence-electron chi connectivity index (χ2n) is 4.76. The van der Waals surface area contributed by atoms with Crippen LogP contribution in [0.5, 0.6) is 0 Å². The van der Waals surface area contributed by atoms with E-state index in [-0.39, 0.29) is 30.2 Å². The van der Waals surface area contributed by atoms with Crippen molar-refractivity contribution in [1.29, 1.82) is 0 Å². The van der Waals surface area contributed by atoms with Crippen molar-refractivity contribution >= 4 is 11.9 Å². The van der Waals surface area contributed by atoms with Gasteiger partial charge in [0.15, 0.2) is 5.82 Å². The number of Topliss-reactive ketones (excluding diaryl/α,β-unsaturated/α-hetero) is 1. The summed E-state index contributed by atoms with van der Waals surface area (Å²) in [7, 11) is 0. The fourth-order valence-electron chi connectivity index (χ4n) is 1.13. The first kappa shape index (κ1) is 14.1. The van der Waals surface area contributed by atoms with E-state index in [1.165, 1.54) is 12.4 Å². The van der Waals surface area contributed by atoms with Gasteiger partial charge in [-0.05, 0) is 26.8 Å². The van der Waals surface area contributed by atoms with Gasteiger partial charge >= 0.3 is 6.09 Å². The van der Waals surface area contributed by atoms with Gasteiger partial charge in [0.2, 0.25) is 5.78 Å². The number of ketones is 1. The van der Waals surface area contributed by atoms with Gasteiger partial charge in [-0.2, -0.15) is 0 Å². The molecule has 0 aliphatic heterocycles. The fourth-order valence-corrected chi connectivity index (χ4v) is 1.13. The summed E-state index contributed by atoms with van der Waals surface area (Å²) in [6, 6.07) is 1.63. The number of aromatic nitrogens is 2. The van der Waals surface area contributed by atoms with Gasteiger partial charge in [-0.3, -0.25) is 4.79 Å². The van der Waals surface area contributed by atoms with Gasteiger partial charge in [0.05, 0.1) is 0 Å². The Morgan fingerprint density at radius 3 is 2.44 bits per heavy atom. The average Bonchev–Trinajstić information content (AvgIpc) is 2.27. The molecule has 1 rings (SSSR count). The van der Waals surface area contributed by atoms with Crippen LogP contribution < -0.4 is 5.32 Å². The monoisotopic (exact) mass is 251 g/mol. The number of nitrogens with zero attached hydrogens (tertiary/aromatic N) is 2. The molecule has 0 aromatic carbocycles. The van der Waals surface area contributed by atoms with Gasteiger partial charge in [-0.1, -0.05) is 0 Å². The summed E-state index contributed by atoms with van der Waals surface area (Å²) in [6.07, 6.45) is 2.52. The van der Waals surface area contributed by atoms with Gasteiger partial charge in [0.1, 0.15) is 6.61 Å². The highest BCUT2D eigenvalue weighted by Gasteiger charge is 2.15. The normalized spacial score (nSPS) is 10.8. The molecule has 1 aromatic rings. The van der Waals surface area contributed by atoms with E-state index in [2.05, 4.69) is 15.3 Å². The van der Waals surface area contributed by atoms with Gasteiger partial charge in [-0.15, -0.1) is 0 Å². The van der Waals surface area contributed by atoms with Crippen molar-refractivity contribution in [2.75, 3.05) is 6.61 Å². The van der Waals surface area contributed by atoms with Crippen LogP contribution in [0.1, 0.15) is 37.8 Å². The van der Waals surface area contributed by atoms with Crippen LogP contribution in [0.3, 0.4) is 0 Å². The van der Waals surface area contributed by atoms with E-state index in [1.807, 2.05) is 20.8 Å². The lowest BCUT2D eigenvalue weighted by Gasteiger charge is -2.19. The molecule has 6 heteroatoms. The Morgan fingerprint density at radius 1 is 1.28 bits per heavy atom. The van der Waals surface area contributed by atoms with Gasteiger partial charge in [-0.25, -0.2) is 14.8 Å². The number of hydrogen-bond donors (Lipinski definition) is 1. The van der Waals surface area contributed by atoms with E-state index in [0.717, 1.165) is 0 Å². The summed E-state index contributed by atoms with van der Waals surface area (Å²) in [5.74, 6) is -0.114. The van der Waals surface area contributed by atoms with E-state index in [1.54, 1.807) is 6.07 Å². The quantitative estimate of drug-likeness (QED) is 0.821. The predicted octanol–water partition coefficient (Wildman–Crippen LogP) is 1.57. The molecule has 0 atom stereocenters. The van der Waals surface area contributed by atoms with Crippen molar-refractivity contribution in [2.24, 2.45) is 0 Å². The molecule has 98 valence electrons. The van der Waals surface area contributed by atoms with Gasteiger partial charge in [0, 0.05) is 24.4 Å². The number of alkyl carbamates (subject to hydrolysis) is 1. The molecule has 1 N–H and O–H groups in total. The van der Waals surface area contributed by atoms with Gasteiger partial charge < -0.3 is 10.1 Å². The number of ether oxygens (including phenoxy) is 1. The molecule has 6 nitrogen and oxygen atoms in total. The number of amides is 1. The van der Waals surface area contributed by atoms with Crippen LogP contribution in [0.15, 0.2) is 18.5 Å². The maximum absolute atomic E-state index is 11.6. The Kier molecular flexibility index (Phi) is 4.76. The van der Waals surface area contributed by atoms with Crippen LogP contribution in [0.4, 0.5) is 4.79 Å². The lowest BCUT2D eigenvalue weighted by atomic mass is 10.1. The van der Waals surface area contributed by atoms with E-state index in [4.69, 9.17) is 4.74 Å². The number of carbonyl (C=O) groups excluding carboxylic acids is 2. The smallest absolute Gasteiger partial charge is 0.407 e. The number of hydrogen-bond acceptors (Lipinski definition) is 5. The highest BCUT2D eigenvalue weighted by Crippen LogP contribution is 2.00. The van der Waals surface area contributed by atoms with Gasteiger partial charge in [0.25, 0.3) is 0 Å². The molecule has 1 amide bonds. The van der Waals surface area contributed by atoms with Crippen molar-refractivity contribution in [3.05, 3.63) is 24.3 Å². The molecular weight excluding hydrogens is 234 g/mol. The third-order valence-electron chi connectivity index (χ3n) is 1.85. The summed E-state index contributed by atoms with van der Waals surface area (Å²) in [4.78, 5) is 30.5. The molecular formula is C12H17N3O3. The molecule has 0 radical (unpaired) electrons. The number of nitrogens with one attached hydrogen (secondary N) is 1. The van der Waals surface area contributed by atoms with Crippen molar-refractivity contribution in [3.8, 4) is 0 Å². The fraction of sp³-hybridized carbons (Fsp3) is 0.500. The largest absolute Gasteiger partial charge is 0.449 e. The van der Waals surface area contributed by atoms with Crippen molar-refractivity contribution in [1.82, 2.24) is 15.3 Å². The predicted molar refractivity (Wildman–Crippen MR) is 65.2 cm³/mol. The Labute approximate surface area is 106 Å². The molecule has 0 aliphatic rings. The van der Waals surface area contributed by atoms with Crippen molar-refractivity contribution in [2.45, 2.75) is 32.7 Å². The summed E-state index contributed by atoms with van der Waals surface area (Å²) in [5.41, 5.74) is -0.358. The molecule has 0 saturated heterocycles. The first-order valence-corrected chi connectivity index (χ1v) is 5.63. The van der Waals surface area contributed by atoms with Crippen molar-refractivity contribution in [3.63, 3.8) is 0 Å². The minimum absolute atomic E-state index is 0.0129. The zero-order chi connectivity index (χ0) is 13.6. The highest BCUT2D eigenvalue weighted by molar-refractivity contribution is 5.92. The highest BCUT2D eigenvalue weighted by atomic mass is 16.5. The summed E-state index contributed by atoms with van der Waals surface area (Å²) >= 11 is 0. The maximum atomic E-state index is 11.6. The Bertz CT molecular complexity index is 412.